The number of aliphatic imine (C=N–C) groups is 1. The Balaban J connectivity index is 2.04. The SMILES string of the molecule is C=CCNC1=N[C@H]2[C@@H](O)[C@H](O)[C@@H](CO)C[C@H]2O1. The average Bonchev–Trinajstić information content (AvgIpc) is 2.74. The van der Waals surface area contributed by atoms with Crippen molar-refractivity contribution in [3.05, 3.63) is 12.7 Å². The van der Waals surface area contributed by atoms with E-state index in [1.165, 1.54) is 0 Å². The summed E-state index contributed by atoms with van der Waals surface area (Å²) < 4.78 is 5.53. The van der Waals surface area contributed by atoms with Gasteiger partial charge < -0.3 is 25.4 Å². The summed E-state index contributed by atoms with van der Waals surface area (Å²) in [5, 5.41) is 31.7. The standard InChI is InChI=1S/C11H18N2O4/c1-2-3-12-11-13-8-7(17-11)4-6(5-14)9(15)10(8)16/h2,6-10,14-16H,1,3-5H2,(H,12,13)/t6-,7-,8-,9-,10-/m1/s1. The van der Waals surface area contributed by atoms with E-state index in [0.717, 1.165) is 0 Å². The molecule has 0 spiro atoms. The molecule has 0 unspecified atom stereocenters. The second kappa shape index (κ2) is 5.03. The van der Waals surface area contributed by atoms with Crippen LogP contribution in [0.3, 0.4) is 0 Å². The van der Waals surface area contributed by atoms with Crippen LogP contribution in [0.2, 0.25) is 0 Å². The Hall–Kier alpha value is -1.11. The molecule has 1 heterocycles. The van der Waals surface area contributed by atoms with Crippen molar-refractivity contribution in [2.45, 2.75) is 30.8 Å². The van der Waals surface area contributed by atoms with Crippen LogP contribution in [-0.2, 0) is 4.74 Å². The van der Waals surface area contributed by atoms with Crippen LogP contribution in [0.15, 0.2) is 17.6 Å². The van der Waals surface area contributed by atoms with E-state index in [-0.39, 0.29) is 18.6 Å². The monoisotopic (exact) mass is 242 g/mol. The number of amidine groups is 1. The second-order valence-corrected chi connectivity index (χ2v) is 4.41. The Morgan fingerprint density at radius 3 is 2.88 bits per heavy atom. The maximum Gasteiger partial charge on any atom is 0.285 e. The van der Waals surface area contributed by atoms with E-state index in [2.05, 4.69) is 16.9 Å². The first-order valence-corrected chi connectivity index (χ1v) is 5.73. The number of ether oxygens (including phenoxy) is 1. The Bertz CT molecular complexity index is 321. The van der Waals surface area contributed by atoms with Crippen molar-refractivity contribution in [3.63, 3.8) is 0 Å². The third-order valence-electron chi connectivity index (χ3n) is 3.26. The fourth-order valence-corrected chi connectivity index (χ4v) is 2.29. The van der Waals surface area contributed by atoms with Crippen LogP contribution in [0.25, 0.3) is 0 Å². The highest BCUT2D eigenvalue weighted by atomic mass is 16.5. The van der Waals surface area contributed by atoms with Gasteiger partial charge in [-0.15, -0.1) is 6.58 Å². The molecule has 6 nitrogen and oxygen atoms in total. The van der Waals surface area contributed by atoms with Gasteiger partial charge in [-0.25, -0.2) is 4.99 Å². The lowest BCUT2D eigenvalue weighted by atomic mass is 9.80. The van der Waals surface area contributed by atoms with Gasteiger partial charge in [0, 0.05) is 19.1 Å². The van der Waals surface area contributed by atoms with Crippen molar-refractivity contribution in [1.82, 2.24) is 5.32 Å². The summed E-state index contributed by atoms with van der Waals surface area (Å²) in [5.74, 6) is -0.361. The van der Waals surface area contributed by atoms with Gasteiger partial charge >= 0.3 is 0 Å². The topological polar surface area (TPSA) is 94.3 Å². The van der Waals surface area contributed by atoms with E-state index < -0.39 is 18.2 Å². The zero-order chi connectivity index (χ0) is 12.4. The van der Waals surface area contributed by atoms with Crippen LogP contribution < -0.4 is 5.32 Å². The lowest BCUT2D eigenvalue weighted by Gasteiger charge is -2.36. The molecule has 0 aromatic heterocycles. The maximum atomic E-state index is 9.90. The van der Waals surface area contributed by atoms with Gasteiger partial charge in [-0.05, 0) is 6.42 Å². The van der Waals surface area contributed by atoms with Crippen LogP contribution >= 0.6 is 0 Å². The van der Waals surface area contributed by atoms with Gasteiger partial charge in [0.15, 0.2) is 0 Å². The normalized spacial score (nSPS) is 40.2. The predicted molar refractivity (Wildman–Crippen MR) is 61.5 cm³/mol. The minimum atomic E-state index is -0.992. The van der Waals surface area contributed by atoms with E-state index in [0.29, 0.717) is 19.0 Å². The Morgan fingerprint density at radius 2 is 2.24 bits per heavy atom. The lowest BCUT2D eigenvalue weighted by molar-refractivity contribution is -0.0948. The lowest BCUT2D eigenvalue weighted by Crippen LogP contribution is -2.52. The van der Waals surface area contributed by atoms with Crippen molar-refractivity contribution in [1.29, 1.82) is 0 Å². The number of aliphatic hydroxyl groups excluding tert-OH is 3. The first kappa shape index (κ1) is 12.3. The van der Waals surface area contributed by atoms with Crippen LogP contribution in [0, 0.1) is 5.92 Å². The average molecular weight is 242 g/mol. The van der Waals surface area contributed by atoms with Crippen LogP contribution in [0.5, 0.6) is 0 Å². The summed E-state index contributed by atoms with van der Waals surface area (Å²) in [5.41, 5.74) is 0. The third-order valence-corrected chi connectivity index (χ3v) is 3.26. The molecule has 0 amide bonds. The largest absolute Gasteiger partial charge is 0.460 e. The quantitative estimate of drug-likeness (QED) is 0.458. The summed E-state index contributed by atoms with van der Waals surface area (Å²) in [6, 6.07) is -0.0927. The van der Waals surface area contributed by atoms with E-state index in [9.17, 15) is 10.2 Å². The molecule has 0 bridgehead atoms. The Morgan fingerprint density at radius 1 is 1.47 bits per heavy atom. The molecule has 96 valence electrons. The van der Waals surface area contributed by atoms with Crippen LogP contribution in [-0.4, -0.2) is 58.8 Å². The highest BCUT2D eigenvalue weighted by Crippen LogP contribution is 2.32. The fraction of sp³-hybridized carbons (Fsp3) is 0.727. The molecule has 1 aliphatic heterocycles. The first-order chi connectivity index (χ1) is 8.17. The molecule has 1 saturated carbocycles. The van der Waals surface area contributed by atoms with E-state index in [1.807, 2.05) is 0 Å². The Kier molecular flexibility index (Phi) is 3.66. The molecule has 17 heavy (non-hydrogen) atoms. The number of nitrogens with one attached hydrogen (secondary N) is 1. The molecule has 0 aromatic carbocycles. The number of hydrogen-bond donors (Lipinski definition) is 4. The van der Waals surface area contributed by atoms with Crippen molar-refractivity contribution in [2.24, 2.45) is 10.9 Å². The van der Waals surface area contributed by atoms with Crippen LogP contribution in [0.1, 0.15) is 6.42 Å². The summed E-state index contributed by atoms with van der Waals surface area (Å²) in [7, 11) is 0. The molecule has 0 aromatic rings. The molecule has 5 atom stereocenters. The summed E-state index contributed by atoms with van der Waals surface area (Å²) >= 11 is 0. The highest BCUT2D eigenvalue weighted by Gasteiger charge is 2.47. The van der Waals surface area contributed by atoms with Gasteiger partial charge in [0.2, 0.25) is 0 Å². The summed E-state index contributed by atoms with van der Waals surface area (Å²) in [6.07, 6.45) is -0.0585. The zero-order valence-corrected chi connectivity index (χ0v) is 9.49. The smallest absolute Gasteiger partial charge is 0.285 e. The van der Waals surface area contributed by atoms with Gasteiger partial charge in [0.25, 0.3) is 6.02 Å². The number of nitrogens with zero attached hydrogens (tertiary/aromatic N) is 1. The highest BCUT2D eigenvalue weighted by molar-refractivity contribution is 5.76. The minimum absolute atomic E-state index is 0.166. The van der Waals surface area contributed by atoms with Crippen molar-refractivity contribution < 1.29 is 20.1 Å². The molecule has 0 radical (unpaired) electrons. The number of hydrogen-bond acceptors (Lipinski definition) is 6. The Labute approximate surface area is 99.6 Å². The molecule has 4 N–H and O–H groups in total. The second-order valence-electron chi connectivity index (χ2n) is 4.41. The molecule has 6 heteroatoms. The third kappa shape index (κ3) is 2.29. The first-order valence-electron chi connectivity index (χ1n) is 5.73. The molecule has 2 rings (SSSR count). The van der Waals surface area contributed by atoms with E-state index >= 15 is 0 Å². The van der Waals surface area contributed by atoms with Gasteiger partial charge in [-0.1, -0.05) is 6.08 Å². The summed E-state index contributed by atoms with van der Waals surface area (Å²) in [4.78, 5) is 4.19. The number of aliphatic hydroxyl groups is 3. The van der Waals surface area contributed by atoms with Gasteiger partial charge in [0.1, 0.15) is 18.2 Å². The van der Waals surface area contributed by atoms with Gasteiger partial charge in [-0.3, -0.25) is 0 Å². The summed E-state index contributed by atoms with van der Waals surface area (Å²) in [6.45, 7) is 3.93. The fourth-order valence-electron chi connectivity index (χ4n) is 2.29. The molecule has 1 fully saturated rings. The predicted octanol–water partition coefficient (Wildman–Crippen LogP) is -1.38. The van der Waals surface area contributed by atoms with Gasteiger partial charge in [-0.2, -0.15) is 0 Å². The zero-order valence-electron chi connectivity index (χ0n) is 9.49. The van der Waals surface area contributed by atoms with Crippen LogP contribution in [0.4, 0.5) is 0 Å². The van der Waals surface area contributed by atoms with Crippen molar-refractivity contribution in [3.8, 4) is 0 Å². The molecular weight excluding hydrogens is 224 g/mol. The maximum absolute atomic E-state index is 9.90. The minimum Gasteiger partial charge on any atom is -0.460 e. The van der Waals surface area contributed by atoms with Gasteiger partial charge in [0.05, 0.1) is 6.10 Å². The number of fused-ring (bicyclic) bond motifs is 1. The van der Waals surface area contributed by atoms with E-state index in [4.69, 9.17) is 9.84 Å². The van der Waals surface area contributed by atoms with Crippen molar-refractivity contribution >= 4 is 6.02 Å². The van der Waals surface area contributed by atoms with E-state index in [1.54, 1.807) is 6.08 Å². The molecule has 0 saturated heterocycles. The number of rotatable bonds is 3. The molecule has 1 aliphatic carbocycles. The molecule has 2 aliphatic rings. The van der Waals surface area contributed by atoms with Crippen molar-refractivity contribution in [2.75, 3.05) is 13.2 Å². The molecular formula is C11H18N2O4.